The van der Waals surface area contributed by atoms with E-state index in [0.29, 0.717) is 0 Å². The zero-order valence-corrected chi connectivity index (χ0v) is 14.4. The first kappa shape index (κ1) is 15.0. The summed E-state index contributed by atoms with van der Waals surface area (Å²) in [7, 11) is 0. The Bertz CT molecular complexity index is 848. The molecule has 1 aliphatic heterocycles. The molecule has 1 N–H and O–H groups in total. The summed E-state index contributed by atoms with van der Waals surface area (Å²) >= 11 is 3.47. The van der Waals surface area contributed by atoms with Gasteiger partial charge in [-0.2, -0.15) is 0 Å². The third-order valence-corrected chi connectivity index (χ3v) is 4.52. The molecular weight excluding hydrogens is 364 g/mol. The van der Waals surface area contributed by atoms with E-state index < -0.39 is 0 Å². The number of halogens is 1. The fourth-order valence-electron chi connectivity index (χ4n) is 2.83. The largest absolute Gasteiger partial charge is 0.359 e. The van der Waals surface area contributed by atoms with Crippen LogP contribution in [0.2, 0.25) is 0 Å². The topological polar surface area (TPSA) is 50.2 Å². The molecule has 3 aromatic rings. The number of hydrogen-bond donors (Lipinski definition) is 1. The molecular formula is C19H15BrN4. The summed E-state index contributed by atoms with van der Waals surface area (Å²) in [5.41, 5.74) is 2.95. The molecule has 2 atom stereocenters. The van der Waals surface area contributed by atoms with Crippen LogP contribution in [0.4, 0.5) is 0 Å². The molecule has 0 aliphatic carbocycles. The van der Waals surface area contributed by atoms with Gasteiger partial charge in [0.2, 0.25) is 0 Å². The van der Waals surface area contributed by atoms with Crippen molar-refractivity contribution in [2.75, 3.05) is 0 Å². The lowest BCUT2D eigenvalue weighted by Crippen LogP contribution is -2.25. The van der Waals surface area contributed by atoms with Crippen molar-refractivity contribution in [1.29, 1.82) is 0 Å². The number of nitrogens with zero attached hydrogens (tertiary/aromatic N) is 3. The van der Waals surface area contributed by atoms with Gasteiger partial charge in [-0.05, 0) is 36.4 Å². The van der Waals surface area contributed by atoms with Crippen LogP contribution in [0.5, 0.6) is 0 Å². The minimum Gasteiger partial charge on any atom is -0.359 e. The molecule has 0 spiro atoms. The summed E-state index contributed by atoms with van der Waals surface area (Å²) in [6, 6.07) is 19.9. The third-order valence-electron chi connectivity index (χ3n) is 3.99. The van der Waals surface area contributed by atoms with E-state index in [-0.39, 0.29) is 12.1 Å². The molecule has 3 heterocycles. The minimum absolute atomic E-state index is 0.0280. The van der Waals surface area contributed by atoms with E-state index in [1.807, 2.05) is 66.9 Å². The van der Waals surface area contributed by atoms with Crippen molar-refractivity contribution in [2.45, 2.75) is 12.1 Å². The van der Waals surface area contributed by atoms with Gasteiger partial charge in [0.25, 0.3) is 0 Å². The number of aromatic nitrogens is 2. The van der Waals surface area contributed by atoms with Crippen LogP contribution in [0, 0.1) is 0 Å². The summed E-state index contributed by atoms with van der Waals surface area (Å²) in [5, 5.41) is 3.52. The number of pyridine rings is 2. The smallest absolute Gasteiger partial charge is 0.129 e. The van der Waals surface area contributed by atoms with Gasteiger partial charge in [0.05, 0.1) is 17.4 Å². The van der Waals surface area contributed by atoms with E-state index in [2.05, 4.69) is 31.2 Å². The van der Waals surface area contributed by atoms with Crippen LogP contribution in [0.15, 0.2) is 82.5 Å². The Hall–Kier alpha value is -2.53. The van der Waals surface area contributed by atoms with Crippen LogP contribution in [0.25, 0.3) is 0 Å². The van der Waals surface area contributed by atoms with Gasteiger partial charge in [-0.25, -0.2) is 0 Å². The van der Waals surface area contributed by atoms with Crippen molar-refractivity contribution < 1.29 is 0 Å². The lowest BCUT2D eigenvalue weighted by molar-refractivity contribution is 0.546. The zero-order chi connectivity index (χ0) is 16.4. The van der Waals surface area contributed by atoms with Crippen molar-refractivity contribution in [3.05, 3.63) is 94.5 Å². The molecule has 4 nitrogen and oxygen atoms in total. The Morgan fingerprint density at radius 3 is 2.08 bits per heavy atom. The highest BCUT2D eigenvalue weighted by Crippen LogP contribution is 2.35. The van der Waals surface area contributed by atoms with E-state index in [1.165, 1.54) is 0 Å². The number of aliphatic imine (C=N–C) groups is 1. The Morgan fingerprint density at radius 1 is 0.792 bits per heavy atom. The molecule has 118 valence electrons. The molecule has 2 aromatic heterocycles. The molecule has 2 unspecified atom stereocenters. The Morgan fingerprint density at radius 2 is 1.46 bits per heavy atom. The van der Waals surface area contributed by atoms with Crippen molar-refractivity contribution >= 4 is 21.8 Å². The van der Waals surface area contributed by atoms with Crippen LogP contribution in [-0.2, 0) is 0 Å². The lowest BCUT2D eigenvalue weighted by Gasteiger charge is -2.17. The Labute approximate surface area is 148 Å². The van der Waals surface area contributed by atoms with Crippen molar-refractivity contribution in [2.24, 2.45) is 4.99 Å². The van der Waals surface area contributed by atoms with Crippen LogP contribution in [0.1, 0.15) is 29.0 Å². The third kappa shape index (κ3) is 2.95. The molecule has 0 amide bonds. The summed E-state index contributed by atoms with van der Waals surface area (Å²) in [6.45, 7) is 0. The fourth-order valence-corrected chi connectivity index (χ4v) is 3.09. The monoisotopic (exact) mass is 378 g/mol. The van der Waals surface area contributed by atoms with Crippen molar-refractivity contribution in [3.63, 3.8) is 0 Å². The number of nitrogens with one attached hydrogen (secondary N) is 1. The first-order valence-electron chi connectivity index (χ1n) is 7.73. The highest BCUT2D eigenvalue weighted by molar-refractivity contribution is 9.10. The molecule has 1 aliphatic rings. The van der Waals surface area contributed by atoms with Gasteiger partial charge in [-0.3, -0.25) is 15.0 Å². The Kier molecular flexibility index (Phi) is 4.09. The quantitative estimate of drug-likeness (QED) is 0.746. The molecule has 5 heteroatoms. The fraction of sp³-hybridized carbons (Fsp3) is 0.105. The van der Waals surface area contributed by atoms with Gasteiger partial charge in [-0.15, -0.1) is 0 Å². The van der Waals surface area contributed by atoms with Gasteiger partial charge in [0, 0.05) is 22.4 Å². The number of hydrogen-bond acceptors (Lipinski definition) is 4. The second-order valence-corrected chi connectivity index (χ2v) is 6.48. The summed E-state index contributed by atoms with van der Waals surface area (Å²) in [4.78, 5) is 13.9. The van der Waals surface area contributed by atoms with Crippen LogP contribution in [0.3, 0.4) is 0 Å². The molecule has 0 saturated carbocycles. The summed E-state index contributed by atoms with van der Waals surface area (Å²) in [5.74, 6) is 0.869. The standard InChI is InChI=1S/C19H15BrN4/c20-14-9-7-13(8-10-14)19-23-17(15-5-1-3-11-21-15)18(24-19)16-6-2-4-12-22-16/h1-12,17-18H,(H,23,24). The maximum absolute atomic E-state index is 4.90. The SMILES string of the molecule is Brc1ccc(C2=NC(c3ccccn3)C(c3ccccn3)N2)cc1. The number of rotatable bonds is 3. The van der Waals surface area contributed by atoms with E-state index in [9.17, 15) is 0 Å². The maximum atomic E-state index is 4.90. The molecule has 24 heavy (non-hydrogen) atoms. The number of amidine groups is 1. The predicted molar refractivity (Wildman–Crippen MR) is 97.8 cm³/mol. The highest BCUT2D eigenvalue weighted by Gasteiger charge is 2.33. The summed E-state index contributed by atoms with van der Waals surface area (Å²) in [6.07, 6.45) is 3.61. The van der Waals surface area contributed by atoms with E-state index in [1.54, 1.807) is 6.20 Å². The molecule has 0 saturated heterocycles. The van der Waals surface area contributed by atoms with Crippen molar-refractivity contribution in [3.8, 4) is 0 Å². The average Bonchev–Trinajstić information content (AvgIpc) is 3.09. The first-order chi connectivity index (χ1) is 11.8. The number of benzene rings is 1. The second-order valence-electron chi connectivity index (χ2n) is 5.56. The first-order valence-corrected chi connectivity index (χ1v) is 8.53. The predicted octanol–water partition coefficient (Wildman–Crippen LogP) is 4.07. The lowest BCUT2D eigenvalue weighted by atomic mass is 10.0. The van der Waals surface area contributed by atoms with Crippen LogP contribution >= 0.6 is 15.9 Å². The van der Waals surface area contributed by atoms with Crippen molar-refractivity contribution in [1.82, 2.24) is 15.3 Å². The molecule has 1 aromatic carbocycles. The highest BCUT2D eigenvalue weighted by atomic mass is 79.9. The normalized spacial score (nSPS) is 19.6. The van der Waals surface area contributed by atoms with Gasteiger partial charge in [-0.1, -0.05) is 40.2 Å². The Balaban J connectivity index is 1.74. The van der Waals surface area contributed by atoms with Gasteiger partial charge < -0.3 is 5.32 Å². The molecule has 0 bridgehead atoms. The van der Waals surface area contributed by atoms with Gasteiger partial charge in [0.1, 0.15) is 11.9 Å². The van der Waals surface area contributed by atoms with E-state index in [4.69, 9.17) is 4.99 Å². The summed E-state index contributed by atoms with van der Waals surface area (Å²) < 4.78 is 1.05. The zero-order valence-electron chi connectivity index (χ0n) is 12.8. The second kappa shape index (κ2) is 6.53. The molecule has 4 rings (SSSR count). The van der Waals surface area contributed by atoms with E-state index >= 15 is 0 Å². The maximum Gasteiger partial charge on any atom is 0.129 e. The van der Waals surface area contributed by atoms with Crippen LogP contribution in [-0.4, -0.2) is 15.8 Å². The molecule has 0 radical (unpaired) electrons. The average molecular weight is 379 g/mol. The molecule has 0 fully saturated rings. The van der Waals surface area contributed by atoms with Gasteiger partial charge >= 0.3 is 0 Å². The minimum atomic E-state index is -0.0975. The van der Waals surface area contributed by atoms with E-state index in [0.717, 1.165) is 27.3 Å². The van der Waals surface area contributed by atoms with Gasteiger partial charge in [0.15, 0.2) is 0 Å². The van der Waals surface area contributed by atoms with Crippen LogP contribution < -0.4 is 5.32 Å².